The molecule has 1 rings (SSSR count). The lowest BCUT2D eigenvalue weighted by Crippen LogP contribution is -2.45. The summed E-state index contributed by atoms with van der Waals surface area (Å²) in [6, 6.07) is 0. The smallest absolute Gasteiger partial charge is 0.312 e. The van der Waals surface area contributed by atoms with Gasteiger partial charge >= 0.3 is 5.97 Å². The second-order valence-electron chi connectivity index (χ2n) is 4.54. The molecule has 4 heteroatoms. The van der Waals surface area contributed by atoms with Gasteiger partial charge in [-0.2, -0.15) is 0 Å². The van der Waals surface area contributed by atoms with Crippen LogP contribution in [-0.4, -0.2) is 32.6 Å². The third-order valence-corrected chi connectivity index (χ3v) is 3.85. The summed E-state index contributed by atoms with van der Waals surface area (Å²) in [5.41, 5.74) is -0.548. The first-order valence-corrected chi connectivity index (χ1v) is 5.70. The molecule has 2 atom stereocenters. The summed E-state index contributed by atoms with van der Waals surface area (Å²) in [5, 5.41) is 0. The van der Waals surface area contributed by atoms with Gasteiger partial charge in [0.05, 0.1) is 12.5 Å². The van der Waals surface area contributed by atoms with Crippen molar-refractivity contribution in [1.29, 1.82) is 0 Å². The average Bonchev–Trinajstić information content (AvgIpc) is 2.36. The van der Waals surface area contributed by atoms with Gasteiger partial charge in [0, 0.05) is 19.1 Å². The fraction of sp³-hybridized carbons (Fsp3) is 0.833. The van der Waals surface area contributed by atoms with Crippen molar-refractivity contribution in [3.63, 3.8) is 0 Å². The second kappa shape index (κ2) is 5.43. The highest BCUT2D eigenvalue weighted by atomic mass is 16.5. The second-order valence-corrected chi connectivity index (χ2v) is 4.54. The van der Waals surface area contributed by atoms with Crippen LogP contribution in [0.25, 0.3) is 0 Å². The molecule has 1 aliphatic heterocycles. The molecule has 0 saturated carbocycles. The van der Waals surface area contributed by atoms with Crippen molar-refractivity contribution in [2.75, 3.05) is 20.3 Å². The van der Waals surface area contributed by atoms with Crippen LogP contribution >= 0.6 is 0 Å². The molecule has 0 bridgehead atoms. The lowest BCUT2D eigenvalue weighted by atomic mass is 9.66. The van der Waals surface area contributed by atoms with E-state index in [1.807, 2.05) is 13.8 Å². The SMILES string of the molecule is COC(=O)C1(C(C)C(C)C=O)CCOCC1. The number of ether oxygens (including phenoxy) is 2. The first-order chi connectivity index (χ1) is 7.58. The summed E-state index contributed by atoms with van der Waals surface area (Å²) in [6.07, 6.45) is 2.18. The number of aldehydes is 1. The Morgan fingerprint density at radius 2 is 1.94 bits per heavy atom. The summed E-state index contributed by atoms with van der Waals surface area (Å²) in [7, 11) is 1.40. The zero-order valence-electron chi connectivity index (χ0n) is 10.2. The van der Waals surface area contributed by atoms with E-state index in [0.717, 1.165) is 6.29 Å². The Kier molecular flexibility index (Phi) is 4.47. The van der Waals surface area contributed by atoms with Crippen molar-refractivity contribution >= 4 is 12.3 Å². The quantitative estimate of drug-likeness (QED) is 0.539. The van der Waals surface area contributed by atoms with Crippen molar-refractivity contribution in [3.05, 3.63) is 0 Å². The fourth-order valence-electron chi connectivity index (χ4n) is 2.41. The van der Waals surface area contributed by atoms with Gasteiger partial charge in [0.1, 0.15) is 6.29 Å². The lowest BCUT2D eigenvalue weighted by Gasteiger charge is -2.40. The highest BCUT2D eigenvalue weighted by Crippen LogP contribution is 2.42. The molecule has 4 nitrogen and oxygen atoms in total. The Balaban J connectivity index is 2.93. The minimum atomic E-state index is -0.548. The number of rotatable bonds is 4. The van der Waals surface area contributed by atoms with Gasteiger partial charge in [-0.25, -0.2) is 0 Å². The third kappa shape index (κ3) is 2.26. The fourth-order valence-corrected chi connectivity index (χ4v) is 2.41. The number of hydrogen-bond donors (Lipinski definition) is 0. The van der Waals surface area contributed by atoms with Gasteiger partial charge in [-0.05, 0) is 18.8 Å². The van der Waals surface area contributed by atoms with E-state index in [1.165, 1.54) is 7.11 Å². The van der Waals surface area contributed by atoms with E-state index in [2.05, 4.69) is 0 Å². The van der Waals surface area contributed by atoms with Gasteiger partial charge in [0.2, 0.25) is 0 Å². The Hall–Kier alpha value is -0.900. The largest absolute Gasteiger partial charge is 0.469 e. The molecule has 1 aliphatic rings. The Labute approximate surface area is 96.3 Å². The normalized spacial score (nSPS) is 23.2. The molecule has 0 N–H and O–H groups in total. The molecule has 0 aromatic rings. The van der Waals surface area contributed by atoms with Gasteiger partial charge in [-0.1, -0.05) is 13.8 Å². The molecule has 0 aromatic carbocycles. The van der Waals surface area contributed by atoms with Gasteiger partial charge in [0.25, 0.3) is 0 Å². The summed E-state index contributed by atoms with van der Waals surface area (Å²) in [5.74, 6) is -0.365. The molecule has 16 heavy (non-hydrogen) atoms. The molecule has 1 heterocycles. The highest BCUT2D eigenvalue weighted by molar-refractivity contribution is 5.78. The van der Waals surface area contributed by atoms with E-state index >= 15 is 0 Å². The molecule has 92 valence electrons. The summed E-state index contributed by atoms with van der Waals surface area (Å²) in [6.45, 7) is 4.91. The molecular weight excluding hydrogens is 208 g/mol. The zero-order valence-corrected chi connectivity index (χ0v) is 10.2. The number of carbonyl (C=O) groups excluding carboxylic acids is 2. The van der Waals surface area contributed by atoms with Crippen LogP contribution < -0.4 is 0 Å². The van der Waals surface area contributed by atoms with Crippen LogP contribution in [0.3, 0.4) is 0 Å². The Morgan fingerprint density at radius 3 is 2.38 bits per heavy atom. The monoisotopic (exact) mass is 228 g/mol. The van der Waals surface area contributed by atoms with Gasteiger partial charge < -0.3 is 14.3 Å². The maximum Gasteiger partial charge on any atom is 0.312 e. The maximum absolute atomic E-state index is 12.0. The molecular formula is C12H20O4. The van der Waals surface area contributed by atoms with Crippen LogP contribution in [0.1, 0.15) is 26.7 Å². The van der Waals surface area contributed by atoms with Crippen LogP contribution in [0.4, 0.5) is 0 Å². The number of hydrogen-bond acceptors (Lipinski definition) is 4. The molecule has 0 amide bonds. The van der Waals surface area contributed by atoms with Crippen molar-refractivity contribution in [2.45, 2.75) is 26.7 Å². The number of carbonyl (C=O) groups is 2. The van der Waals surface area contributed by atoms with Crippen LogP contribution in [-0.2, 0) is 19.1 Å². The van der Waals surface area contributed by atoms with Gasteiger partial charge in [-0.3, -0.25) is 4.79 Å². The van der Waals surface area contributed by atoms with E-state index < -0.39 is 5.41 Å². The van der Waals surface area contributed by atoms with Crippen molar-refractivity contribution < 1.29 is 19.1 Å². The zero-order chi connectivity index (χ0) is 12.2. The third-order valence-electron chi connectivity index (χ3n) is 3.85. The van der Waals surface area contributed by atoms with Gasteiger partial charge in [0.15, 0.2) is 0 Å². The predicted molar refractivity (Wildman–Crippen MR) is 58.9 cm³/mol. The Bertz CT molecular complexity index is 256. The molecule has 0 aliphatic carbocycles. The first-order valence-electron chi connectivity index (χ1n) is 5.70. The van der Waals surface area contributed by atoms with Crippen LogP contribution in [0.15, 0.2) is 0 Å². The maximum atomic E-state index is 12.0. The number of methoxy groups -OCH3 is 1. The minimum Gasteiger partial charge on any atom is -0.469 e. The van der Waals surface area contributed by atoms with Crippen LogP contribution in [0.5, 0.6) is 0 Å². The van der Waals surface area contributed by atoms with E-state index in [0.29, 0.717) is 26.1 Å². The van der Waals surface area contributed by atoms with E-state index in [1.54, 1.807) is 0 Å². The molecule has 0 aromatic heterocycles. The van der Waals surface area contributed by atoms with Crippen LogP contribution in [0.2, 0.25) is 0 Å². The standard InChI is InChI=1S/C12H20O4/c1-9(8-13)10(2)12(11(14)15-3)4-6-16-7-5-12/h8-10H,4-7H2,1-3H3. The molecule has 2 unspecified atom stereocenters. The first kappa shape index (κ1) is 13.2. The van der Waals surface area contributed by atoms with E-state index in [9.17, 15) is 9.59 Å². The van der Waals surface area contributed by atoms with Crippen molar-refractivity contribution in [3.8, 4) is 0 Å². The van der Waals surface area contributed by atoms with E-state index in [4.69, 9.17) is 9.47 Å². The summed E-state index contributed by atoms with van der Waals surface area (Å²) >= 11 is 0. The van der Waals surface area contributed by atoms with Crippen LogP contribution in [0, 0.1) is 17.3 Å². The minimum absolute atomic E-state index is 0.0126. The summed E-state index contributed by atoms with van der Waals surface area (Å²) < 4.78 is 10.2. The Morgan fingerprint density at radius 1 is 1.38 bits per heavy atom. The van der Waals surface area contributed by atoms with E-state index in [-0.39, 0.29) is 17.8 Å². The predicted octanol–water partition coefficient (Wildman–Crippen LogP) is 1.43. The highest BCUT2D eigenvalue weighted by Gasteiger charge is 2.47. The molecule has 1 fully saturated rings. The number of esters is 1. The van der Waals surface area contributed by atoms with Crippen molar-refractivity contribution in [2.24, 2.45) is 17.3 Å². The summed E-state index contributed by atoms with van der Waals surface area (Å²) in [4.78, 5) is 22.8. The lowest BCUT2D eigenvalue weighted by molar-refractivity contribution is -0.165. The molecule has 0 radical (unpaired) electrons. The van der Waals surface area contributed by atoms with Crippen molar-refractivity contribution in [1.82, 2.24) is 0 Å². The molecule has 0 spiro atoms. The molecule has 1 saturated heterocycles. The average molecular weight is 228 g/mol. The van der Waals surface area contributed by atoms with Gasteiger partial charge in [-0.15, -0.1) is 0 Å². The topological polar surface area (TPSA) is 52.6 Å².